The maximum Gasteiger partial charge on any atom is 0.0613 e. The predicted octanol–water partition coefficient (Wildman–Crippen LogP) is 2.32. The van der Waals surface area contributed by atoms with Crippen LogP contribution in [0.3, 0.4) is 0 Å². The highest BCUT2D eigenvalue weighted by atomic mass is 16.3. The molecule has 2 nitrogen and oxygen atoms in total. The molecule has 0 heterocycles. The molecule has 0 aromatic rings. The summed E-state index contributed by atoms with van der Waals surface area (Å²) in [6.45, 7) is 4.96. The second-order valence-electron chi connectivity index (χ2n) is 5.96. The van der Waals surface area contributed by atoms with Gasteiger partial charge in [0.2, 0.25) is 0 Å². The second-order valence-corrected chi connectivity index (χ2v) is 5.96. The van der Waals surface area contributed by atoms with Crippen molar-refractivity contribution in [2.45, 2.75) is 64.0 Å². The van der Waals surface area contributed by atoms with Crippen molar-refractivity contribution in [1.29, 1.82) is 0 Å². The summed E-state index contributed by atoms with van der Waals surface area (Å²) in [5.74, 6) is 1.56. The minimum Gasteiger partial charge on any atom is -0.394 e. The van der Waals surface area contributed by atoms with Gasteiger partial charge in [0.25, 0.3) is 0 Å². The van der Waals surface area contributed by atoms with Gasteiger partial charge in [-0.05, 0) is 37.5 Å². The normalized spacial score (nSPS) is 37.2. The fraction of sp³-hybridized carbons (Fsp3) is 1.00. The third-order valence-corrected chi connectivity index (χ3v) is 4.22. The molecule has 88 valence electrons. The molecule has 0 aromatic carbocycles. The number of aliphatic hydroxyl groups is 1. The molecule has 15 heavy (non-hydrogen) atoms. The van der Waals surface area contributed by atoms with E-state index < -0.39 is 0 Å². The first-order valence-electron chi connectivity index (χ1n) is 6.54. The van der Waals surface area contributed by atoms with Crippen LogP contribution in [0.4, 0.5) is 0 Å². The molecular formula is C13H25NO. The Morgan fingerprint density at radius 1 is 1.33 bits per heavy atom. The summed E-state index contributed by atoms with van der Waals surface area (Å²) in [5.41, 5.74) is 0.0638. The number of aliphatic hydroxyl groups excluding tert-OH is 1. The van der Waals surface area contributed by atoms with Crippen LogP contribution in [-0.4, -0.2) is 23.3 Å². The summed E-state index contributed by atoms with van der Waals surface area (Å²) in [5, 5.41) is 13.3. The Kier molecular flexibility index (Phi) is 3.36. The van der Waals surface area contributed by atoms with Crippen LogP contribution in [0.25, 0.3) is 0 Å². The topological polar surface area (TPSA) is 32.3 Å². The Balaban J connectivity index is 1.96. The lowest BCUT2D eigenvalue weighted by molar-refractivity contribution is 0.0797. The molecule has 2 rings (SSSR count). The summed E-state index contributed by atoms with van der Waals surface area (Å²) in [7, 11) is 0. The molecule has 0 aromatic heterocycles. The van der Waals surface area contributed by atoms with Gasteiger partial charge in [-0.25, -0.2) is 0 Å². The molecular weight excluding hydrogens is 186 g/mol. The summed E-state index contributed by atoms with van der Waals surface area (Å²) in [6, 6.07) is 0.711. The third-order valence-electron chi connectivity index (χ3n) is 4.22. The van der Waals surface area contributed by atoms with E-state index in [1.165, 1.54) is 38.5 Å². The van der Waals surface area contributed by atoms with Crippen LogP contribution >= 0.6 is 0 Å². The van der Waals surface area contributed by atoms with E-state index >= 15 is 0 Å². The van der Waals surface area contributed by atoms with E-state index in [2.05, 4.69) is 19.2 Å². The van der Waals surface area contributed by atoms with Gasteiger partial charge in [0.1, 0.15) is 0 Å². The summed E-state index contributed by atoms with van der Waals surface area (Å²) in [4.78, 5) is 0. The molecule has 2 unspecified atom stereocenters. The van der Waals surface area contributed by atoms with Crippen LogP contribution in [0.5, 0.6) is 0 Å². The van der Waals surface area contributed by atoms with Crippen LogP contribution in [0, 0.1) is 11.8 Å². The van der Waals surface area contributed by atoms with Crippen LogP contribution in [0.15, 0.2) is 0 Å². The van der Waals surface area contributed by atoms with E-state index in [1.54, 1.807) is 0 Å². The molecule has 2 heteroatoms. The maximum atomic E-state index is 9.66. The number of hydrogen-bond donors (Lipinski definition) is 2. The molecule has 2 saturated carbocycles. The van der Waals surface area contributed by atoms with Crippen LogP contribution in [0.2, 0.25) is 0 Å². The lowest BCUT2D eigenvalue weighted by Crippen LogP contribution is -2.53. The summed E-state index contributed by atoms with van der Waals surface area (Å²) in [6.07, 6.45) is 7.61. The predicted molar refractivity (Wildman–Crippen MR) is 62.8 cm³/mol. The van der Waals surface area contributed by atoms with Gasteiger partial charge in [0, 0.05) is 11.6 Å². The molecule has 0 radical (unpaired) electrons. The van der Waals surface area contributed by atoms with Crippen molar-refractivity contribution in [3.8, 4) is 0 Å². The SMILES string of the molecule is CC(C)C1CCCC(CO)(NC2CC2)C1. The molecule has 0 spiro atoms. The first kappa shape index (κ1) is 11.4. The van der Waals surface area contributed by atoms with Gasteiger partial charge in [0.05, 0.1) is 6.61 Å². The highest BCUT2D eigenvalue weighted by Crippen LogP contribution is 2.38. The fourth-order valence-corrected chi connectivity index (χ4v) is 2.96. The van der Waals surface area contributed by atoms with E-state index in [0.717, 1.165) is 11.8 Å². The first-order valence-corrected chi connectivity index (χ1v) is 6.54. The van der Waals surface area contributed by atoms with Crippen molar-refractivity contribution in [3.05, 3.63) is 0 Å². The average Bonchev–Trinajstić information content (AvgIpc) is 3.02. The summed E-state index contributed by atoms with van der Waals surface area (Å²) < 4.78 is 0. The van der Waals surface area contributed by atoms with Gasteiger partial charge >= 0.3 is 0 Å². The minimum atomic E-state index is 0.0638. The van der Waals surface area contributed by atoms with Crippen molar-refractivity contribution in [2.24, 2.45) is 11.8 Å². The number of hydrogen-bond acceptors (Lipinski definition) is 2. The zero-order valence-electron chi connectivity index (χ0n) is 10.1. The monoisotopic (exact) mass is 211 g/mol. The van der Waals surface area contributed by atoms with Crippen molar-refractivity contribution < 1.29 is 5.11 Å². The minimum absolute atomic E-state index is 0.0638. The Hall–Kier alpha value is -0.0800. The average molecular weight is 211 g/mol. The zero-order chi connectivity index (χ0) is 10.9. The summed E-state index contributed by atoms with van der Waals surface area (Å²) >= 11 is 0. The number of nitrogens with one attached hydrogen (secondary N) is 1. The van der Waals surface area contributed by atoms with Gasteiger partial charge in [-0.15, -0.1) is 0 Å². The first-order chi connectivity index (χ1) is 7.15. The molecule has 2 atom stereocenters. The molecule has 0 aliphatic heterocycles. The smallest absolute Gasteiger partial charge is 0.0613 e. The van der Waals surface area contributed by atoms with E-state index in [1.807, 2.05) is 0 Å². The van der Waals surface area contributed by atoms with E-state index in [4.69, 9.17) is 0 Å². The van der Waals surface area contributed by atoms with Crippen LogP contribution in [0.1, 0.15) is 52.4 Å². The number of rotatable bonds is 4. The Labute approximate surface area is 93.5 Å². The van der Waals surface area contributed by atoms with Crippen molar-refractivity contribution >= 4 is 0 Å². The Morgan fingerprint density at radius 3 is 2.60 bits per heavy atom. The van der Waals surface area contributed by atoms with Crippen molar-refractivity contribution in [1.82, 2.24) is 5.32 Å². The van der Waals surface area contributed by atoms with Gasteiger partial charge in [0.15, 0.2) is 0 Å². The van der Waals surface area contributed by atoms with Gasteiger partial charge in [-0.3, -0.25) is 0 Å². The van der Waals surface area contributed by atoms with Crippen molar-refractivity contribution in [3.63, 3.8) is 0 Å². The molecule has 0 bridgehead atoms. The quantitative estimate of drug-likeness (QED) is 0.748. The van der Waals surface area contributed by atoms with Gasteiger partial charge in [-0.2, -0.15) is 0 Å². The van der Waals surface area contributed by atoms with Gasteiger partial charge < -0.3 is 10.4 Å². The lowest BCUT2D eigenvalue weighted by atomic mass is 9.72. The molecule has 2 fully saturated rings. The standard InChI is InChI=1S/C13H25NO/c1-10(2)11-4-3-7-13(8-11,9-15)14-12-5-6-12/h10-12,14-15H,3-9H2,1-2H3. The molecule has 2 aliphatic carbocycles. The molecule has 2 aliphatic rings. The fourth-order valence-electron chi connectivity index (χ4n) is 2.96. The van der Waals surface area contributed by atoms with Gasteiger partial charge in [-0.1, -0.05) is 26.7 Å². The van der Waals surface area contributed by atoms with Crippen LogP contribution in [-0.2, 0) is 0 Å². The highest BCUT2D eigenvalue weighted by molar-refractivity contribution is 4.98. The Morgan fingerprint density at radius 2 is 2.07 bits per heavy atom. The molecule has 0 amide bonds. The van der Waals surface area contributed by atoms with E-state index in [9.17, 15) is 5.11 Å². The van der Waals surface area contributed by atoms with E-state index in [0.29, 0.717) is 12.6 Å². The Bertz CT molecular complexity index is 213. The maximum absolute atomic E-state index is 9.66. The highest BCUT2D eigenvalue weighted by Gasteiger charge is 2.40. The van der Waals surface area contributed by atoms with Crippen molar-refractivity contribution in [2.75, 3.05) is 6.61 Å². The largest absolute Gasteiger partial charge is 0.394 e. The second kappa shape index (κ2) is 4.42. The molecule has 0 saturated heterocycles. The molecule has 2 N–H and O–H groups in total. The third kappa shape index (κ3) is 2.73. The zero-order valence-corrected chi connectivity index (χ0v) is 10.1. The lowest BCUT2D eigenvalue weighted by Gasteiger charge is -2.42. The van der Waals surface area contributed by atoms with Crippen LogP contribution < -0.4 is 5.32 Å². The van der Waals surface area contributed by atoms with E-state index in [-0.39, 0.29) is 5.54 Å².